The molecule has 0 aliphatic carbocycles. The predicted octanol–water partition coefficient (Wildman–Crippen LogP) is 11.5. The van der Waals surface area contributed by atoms with Crippen LogP contribution in [0.5, 0.6) is 0 Å². The molecule has 0 fully saturated rings. The fourth-order valence-electron chi connectivity index (χ4n) is 5.42. The van der Waals surface area contributed by atoms with Crippen molar-refractivity contribution >= 4 is 28.4 Å². The van der Waals surface area contributed by atoms with Gasteiger partial charge in [0.05, 0.1) is 16.6 Å². The van der Waals surface area contributed by atoms with E-state index in [0.717, 1.165) is 51.0 Å². The molecule has 7 rings (SSSR count). The number of nitrogens with zero attached hydrogens (tertiary/aromatic N) is 1. The van der Waals surface area contributed by atoms with Crippen LogP contribution in [0.15, 0.2) is 126 Å². The molecular weight excluding hydrogens is 606 g/mol. The molecular formula is C36H22F6N2S. The number of fused-ring (bicyclic) bond motifs is 2. The first kappa shape index (κ1) is 29.0. The lowest BCUT2D eigenvalue weighted by Crippen LogP contribution is -2.11. The molecule has 0 saturated carbocycles. The summed E-state index contributed by atoms with van der Waals surface area (Å²) < 4.78 is 80.0. The first-order valence-electron chi connectivity index (χ1n) is 13.9. The van der Waals surface area contributed by atoms with Crippen molar-refractivity contribution in [2.45, 2.75) is 22.6 Å². The minimum Gasteiger partial charge on any atom is -0.368 e. The molecule has 5 aromatic carbocycles. The maximum absolute atomic E-state index is 13.3. The van der Waals surface area contributed by atoms with Crippen LogP contribution in [0.2, 0.25) is 0 Å². The number of anilines is 1. The fourth-order valence-corrected chi connectivity index (χ4v) is 6.57. The molecule has 45 heavy (non-hydrogen) atoms. The van der Waals surface area contributed by atoms with Gasteiger partial charge in [0, 0.05) is 27.7 Å². The number of rotatable bonds is 4. The van der Waals surface area contributed by atoms with Gasteiger partial charge < -0.3 is 5.32 Å². The molecule has 1 atom stereocenters. The molecule has 224 valence electrons. The van der Waals surface area contributed by atoms with Crippen molar-refractivity contribution in [3.63, 3.8) is 0 Å². The lowest BCUT2D eigenvalue weighted by atomic mass is 9.96. The highest BCUT2D eigenvalue weighted by Crippen LogP contribution is 2.46. The van der Waals surface area contributed by atoms with Gasteiger partial charge in [-0.05, 0) is 75.8 Å². The second-order valence-electron chi connectivity index (χ2n) is 10.8. The lowest BCUT2D eigenvalue weighted by Gasteiger charge is -2.14. The smallest absolute Gasteiger partial charge is 0.368 e. The van der Waals surface area contributed by atoms with Gasteiger partial charge in [-0.15, -0.1) is 0 Å². The number of nitrogens with one attached hydrogen (secondary N) is 1. The number of benzene rings is 5. The largest absolute Gasteiger partial charge is 0.416 e. The summed E-state index contributed by atoms with van der Waals surface area (Å²) in [5.41, 5.74) is 4.06. The van der Waals surface area contributed by atoms with Crippen LogP contribution in [-0.4, -0.2) is 4.98 Å². The van der Waals surface area contributed by atoms with Crippen molar-refractivity contribution in [1.82, 2.24) is 4.98 Å². The van der Waals surface area contributed by atoms with Crippen LogP contribution in [-0.2, 0) is 12.4 Å². The molecule has 2 heterocycles. The lowest BCUT2D eigenvalue weighted by molar-refractivity contribution is -0.143. The van der Waals surface area contributed by atoms with E-state index in [4.69, 9.17) is 0 Å². The summed E-state index contributed by atoms with van der Waals surface area (Å²) in [6, 6.07) is 32.5. The van der Waals surface area contributed by atoms with Crippen LogP contribution in [0.4, 0.5) is 32.0 Å². The molecule has 0 radical (unpaired) electrons. The highest BCUT2D eigenvalue weighted by atomic mass is 32.2. The Balaban J connectivity index is 1.11. The summed E-state index contributed by atoms with van der Waals surface area (Å²) in [7, 11) is 0. The highest BCUT2D eigenvalue weighted by Gasteiger charge is 2.37. The predicted molar refractivity (Wildman–Crippen MR) is 167 cm³/mol. The van der Waals surface area contributed by atoms with Crippen LogP contribution >= 0.6 is 11.8 Å². The fraction of sp³-hybridized carbons (Fsp3) is 0.0833. The Kier molecular flexibility index (Phi) is 7.08. The van der Waals surface area contributed by atoms with Gasteiger partial charge in [-0.1, -0.05) is 84.6 Å². The zero-order valence-electron chi connectivity index (χ0n) is 23.2. The number of alkyl halides is 6. The molecule has 0 amide bonds. The molecule has 0 bridgehead atoms. The molecule has 0 spiro atoms. The maximum atomic E-state index is 13.3. The van der Waals surface area contributed by atoms with Crippen LogP contribution in [0.25, 0.3) is 44.3 Å². The summed E-state index contributed by atoms with van der Waals surface area (Å²) in [5.74, 6) is 0. The second kappa shape index (κ2) is 11.0. The van der Waals surface area contributed by atoms with E-state index in [-0.39, 0.29) is 22.6 Å². The molecule has 0 saturated heterocycles. The zero-order chi connectivity index (χ0) is 31.3. The molecule has 9 heteroatoms. The quantitative estimate of drug-likeness (QED) is 0.197. The summed E-state index contributed by atoms with van der Waals surface area (Å²) in [4.78, 5) is 5.90. The van der Waals surface area contributed by atoms with E-state index in [2.05, 4.69) is 52.8 Å². The molecule has 1 aromatic heterocycles. The zero-order valence-corrected chi connectivity index (χ0v) is 24.1. The van der Waals surface area contributed by atoms with Crippen molar-refractivity contribution in [3.8, 4) is 33.4 Å². The van der Waals surface area contributed by atoms with E-state index in [1.165, 1.54) is 22.6 Å². The number of thioether (sulfide) groups is 1. The molecule has 1 aliphatic rings. The van der Waals surface area contributed by atoms with Crippen molar-refractivity contribution in [2.75, 3.05) is 5.32 Å². The average Bonchev–Trinajstić information content (AvgIpc) is 3.48. The van der Waals surface area contributed by atoms with E-state index >= 15 is 0 Å². The van der Waals surface area contributed by atoms with E-state index in [1.54, 1.807) is 23.9 Å². The van der Waals surface area contributed by atoms with Crippen LogP contribution in [0.3, 0.4) is 0 Å². The number of para-hydroxylation sites is 1. The summed E-state index contributed by atoms with van der Waals surface area (Å²) in [6.07, 6.45) is -8.00. The van der Waals surface area contributed by atoms with Gasteiger partial charge in [0.2, 0.25) is 0 Å². The van der Waals surface area contributed by atoms with Gasteiger partial charge in [-0.25, -0.2) is 0 Å². The minimum absolute atomic E-state index is 0.132. The summed E-state index contributed by atoms with van der Waals surface area (Å²) >= 11 is 1.79. The van der Waals surface area contributed by atoms with Crippen LogP contribution in [0.1, 0.15) is 22.1 Å². The van der Waals surface area contributed by atoms with Crippen molar-refractivity contribution in [1.29, 1.82) is 0 Å². The Morgan fingerprint density at radius 3 is 1.78 bits per heavy atom. The third-order valence-electron chi connectivity index (χ3n) is 7.79. The Labute approximate surface area is 258 Å². The third kappa shape index (κ3) is 5.88. The Morgan fingerprint density at radius 1 is 0.556 bits per heavy atom. The monoisotopic (exact) mass is 628 g/mol. The molecule has 6 aromatic rings. The Hall–Kier alpha value is -4.76. The van der Waals surface area contributed by atoms with Gasteiger partial charge in [0.15, 0.2) is 0 Å². The first-order chi connectivity index (χ1) is 21.5. The third-order valence-corrected chi connectivity index (χ3v) is 9.02. The normalized spacial score (nSPS) is 14.8. The van der Waals surface area contributed by atoms with Gasteiger partial charge in [-0.3, -0.25) is 4.98 Å². The van der Waals surface area contributed by atoms with Gasteiger partial charge >= 0.3 is 12.4 Å². The summed E-state index contributed by atoms with van der Waals surface area (Å²) in [5, 5.41) is 4.64. The van der Waals surface area contributed by atoms with Crippen LogP contribution in [0, 0.1) is 0 Å². The number of hydrogen-bond donors (Lipinski definition) is 1. The second-order valence-corrected chi connectivity index (χ2v) is 11.9. The number of hydrogen-bond acceptors (Lipinski definition) is 3. The molecule has 1 aliphatic heterocycles. The van der Waals surface area contributed by atoms with Crippen molar-refractivity contribution in [3.05, 3.63) is 138 Å². The van der Waals surface area contributed by atoms with Crippen molar-refractivity contribution in [2.24, 2.45) is 0 Å². The standard InChI is InChI=1S/C36H22F6N2S/c37-35(38,39)29-16-27(17-30(19-29)36(40,41)42)22-7-5-21(6-8-22)25-13-14-26-15-28(20-43-32(26)18-25)23-9-11-24(12-10-23)34-44-31-3-1-2-4-33(31)45-34/h1-20,34,44H. The van der Waals surface area contributed by atoms with E-state index < -0.39 is 23.5 Å². The molecule has 1 N–H and O–H groups in total. The number of aromatic nitrogens is 1. The van der Waals surface area contributed by atoms with Gasteiger partial charge in [-0.2, -0.15) is 26.3 Å². The van der Waals surface area contributed by atoms with Gasteiger partial charge in [0.25, 0.3) is 0 Å². The average molecular weight is 629 g/mol. The Bertz CT molecular complexity index is 1980. The number of halogens is 6. The minimum atomic E-state index is -4.91. The Morgan fingerprint density at radius 2 is 1.13 bits per heavy atom. The number of pyridine rings is 1. The molecule has 1 unspecified atom stereocenters. The van der Waals surface area contributed by atoms with E-state index in [1.807, 2.05) is 36.5 Å². The summed E-state index contributed by atoms with van der Waals surface area (Å²) in [6.45, 7) is 0. The van der Waals surface area contributed by atoms with Crippen molar-refractivity contribution < 1.29 is 26.3 Å². The van der Waals surface area contributed by atoms with Crippen LogP contribution < -0.4 is 5.32 Å². The van der Waals surface area contributed by atoms with E-state index in [0.29, 0.717) is 0 Å². The SMILES string of the molecule is FC(F)(F)c1cc(-c2ccc(-c3ccc4cc(-c5ccc(C6Nc7ccccc7S6)cc5)cnc4c3)cc2)cc(C(F)(F)F)c1. The van der Waals surface area contributed by atoms with E-state index in [9.17, 15) is 26.3 Å². The molecule has 2 nitrogen and oxygen atoms in total. The first-order valence-corrected chi connectivity index (χ1v) is 14.8. The highest BCUT2D eigenvalue weighted by molar-refractivity contribution is 8.00. The topological polar surface area (TPSA) is 24.9 Å². The van der Waals surface area contributed by atoms with Gasteiger partial charge in [0.1, 0.15) is 5.37 Å². The maximum Gasteiger partial charge on any atom is 0.416 e.